The van der Waals surface area contributed by atoms with Gasteiger partial charge in [0.2, 0.25) is 0 Å². The molecule has 0 saturated carbocycles. The van der Waals surface area contributed by atoms with E-state index in [4.69, 9.17) is 4.74 Å². The van der Waals surface area contributed by atoms with Gasteiger partial charge >= 0.3 is 0 Å². The SMILES string of the molecule is CCOCC#CC1=CCCC1. The zero-order valence-corrected chi connectivity index (χ0v) is 7.02. The van der Waals surface area contributed by atoms with Gasteiger partial charge in [-0.3, -0.25) is 0 Å². The van der Waals surface area contributed by atoms with Gasteiger partial charge in [-0.25, -0.2) is 0 Å². The van der Waals surface area contributed by atoms with Crippen molar-refractivity contribution in [1.29, 1.82) is 0 Å². The molecular formula is C10H14O. The fourth-order valence-corrected chi connectivity index (χ4v) is 1.09. The van der Waals surface area contributed by atoms with E-state index in [2.05, 4.69) is 17.9 Å². The molecule has 0 bridgehead atoms. The van der Waals surface area contributed by atoms with Crippen LogP contribution in [0.4, 0.5) is 0 Å². The summed E-state index contributed by atoms with van der Waals surface area (Å²) in [6.45, 7) is 3.32. The van der Waals surface area contributed by atoms with Gasteiger partial charge in [0, 0.05) is 6.61 Å². The molecule has 0 aromatic carbocycles. The number of ether oxygens (including phenoxy) is 1. The molecule has 0 amide bonds. The molecule has 1 aliphatic carbocycles. The van der Waals surface area contributed by atoms with Gasteiger partial charge in [0.25, 0.3) is 0 Å². The van der Waals surface area contributed by atoms with E-state index in [1.165, 1.54) is 24.8 Å². The minimum Gasteiger partial charge on any atom is -0.369 e. The highest BCUT2D eigenvalue weighted by atomic mass is 16.5. The minimum absolute atomic E-state index is 0.577. The van der Waals surface area contributed by atoms with Crippen molar-refractivity contribution in [3.8, 4) is 11.8 Å². The molecular weight excluding hydrogens is 136 g/mol. The minimum atomic E-state index is 0.577. The molecule has 1 nitrogen and oxygen atoms in total. The lowest BCUT2D eigenvalue weighted by Crippen LogP contribution is -1.88. The van der Waals surface area contributed by atoms with Crippen LogP contribution < -0.4 is 0 Å². The predicted octanol–water partition coefficient (Wildman–Crippen LogP) is 2.14. The summed E-state index contributed by atoms with van der Waals surface area (Å²) in [4.78, 5) is 0. The molecule has 0 aromatic rings. The first-order chi connectivity index (χ1) is 5.43. The summed E-state index contributed by atoms with van der Waals surface area (Å²) in [6.07, 6.45) is 5.87. The first-order valence-electron chi connectivity index (χ1n) is 4.19. The smallest absolute Gasteiger partial charge is 0.108 e. The van der Waals surface area contributed by atoms with E-state index < -0.39 is 0 Å². The van der Waals surface area contributed by atoms with Crippen molar-refractivity contribution >= 4 is 0 Å². The monoisotopic (exact) mass is 150 g/mol. The number of allylic oxidation sites excluding steroid dienone is 2. The third kappa shape index (κ3) is 3.25. The number of hydrogen-bond acceptors (Lipinski definition) is 1. The van der Waals surface area contributed by atoms with Crippen molar-refractivity contribution in [2.45, 2.75) is 26.2 Å². The molecule has 1 aliphatic rings. The van der Waals surface area contributed by atoms with Crippen molar-refractivity contribution in [1.82, 2.24) is 0 Å². The topological polar surface area (TPSA) is 9.23 Å². The largest absolute Gasteiger partial charge is 0.369 e. The van der Waals surface area contributed by atoms with Crippen molar-refractivity contribution < 1.29 is 4.74 Å². The fraction of sp³-hybridized carbons (Fsp3) is 0.600. The second-order valence-corrected chi connectivity index (χ2v) is 2.56. The van der Waals surface area contributed by atoms with Crippen LogP contribution in [0.5, 0.6) is 0 Å². The van der Waals surface area contributed by atoms with E-state index in [0.29, 0.717) is 6.61 Å². The Hall–Kier alpha value is -0.740. The van der Waals surface area contributed by atoms with Gasteiger partial charge in [-0.15, -0.1) is 0 Å². The molecule has 0 unspecified atom stereocenters. The quantitative estimate of drug-likeness (QED) is 0.433. The lowest BCUT2D eigenvalue weighted by molar-refractivity contribution is 0.182. The van der Waals surface area contributed by atoms with Crippen LogP contribution in [0.3, 0.4) is 0 Å². The molecule has 0 aromatic heterocycles. The molecule has 11 heavy (non-hydrogen) atoms. The highest BCUT2D eigenvalue weighted by Crippen LogP contribution is 2.15. The van der Waals surface area contributed by atoms with Crippen molar-refractivity contribution in [2.75, 3.05) is 13.2 Å². The Labute approximate surface area is 68.4 Å². The molecule has 1 rings (SSSR count). The van der Waals surface area contributed by atoms with E-state index in [1.807, 2.05) is 6.92 Å². The second-order valence-electron chi connectivity index (χ2n) is 2.56. The standard InChI is InChI=1S/C10H14O/c1-2-11-9-5-8-10-6-3-4-7-10/h6H,2-4,7,9H2,1H3. The van der Waals surface area contributed by atoms with Crippen molar-refractivity contribution in [3.05, 3.63) is 11.6 Å². The summed E-state index contributed by atoms with van der Waals surface area (Å²) in [6, 6.07) is 0. The van der Waals surface area contributed by atoms with E-state index >= 15 is 0 Å². The maximum Gasteiger partial charge on any atom is 0.108 e. The average Bonchev–Trinajstić information content (AvgIpc) is 2.50. The van der Waals surface area contributed by atoms with Gasteiger partial charge in [-0.05, 0) is 31.8 Å². The summed E-state index contributed by atoms with van der Waals surface area (Å²) in [5, 5.41) is 0. The molecule has 0 saturated heterocycles. The summed E-state index contributed by atoms with van der Waals surface area (Å²) in [7, 11) is 0. The highest BCUT2D eigenvalue weighted by Gasteiger charge is 1.99. The molecule has 0 atom stereocenters. The Kier molecular flexibility index (Phi) is 3.79. The summed E-state index contributed by atoms with van der Waals surface area (Å²) in [5.41, 5.74) is 1.30. The molecule has 0 aliphatic heterocycles. The Morgan fingerprint density at radius 2 is 2.55 bits per heavy atom. The van der Waals surface area contributed by atoms with Crippen LogP contribution in [-0.4, -0.2) is 13.2 Å². The van der Waals surface area contributed by atoms with Crippen LogP contribution in [-0.2, 0) is 4.74 Å². The van der Waals surface area contributed by atoms with Gasteiger partial charge in [0.15, 0.2) is 0 Å². The van der Waals surface area contributed by atoms with Crippen LogP contribution in [0.1, 0.15) is 26.2 Å². The van der Waals surface area contributed by atoms with Crippen LogP contribution in [0, 0.1) is 11.8 Å². The maximum atomic E-state index is 5.09. The van der Waals surface area contributed by atoms with Gasteiger partial charge in [0.05, 0.1) is 0 Å². The van der Waals surface area contributed by atoms with Gasteiger partial charge in [0.1, 0.15) is 6.61 Å². The highest BCUT2D eigenvalue weighted by molar-refractivity contribution is 5.30. The summed E-state index contributed by atoms with van der Waals surface area (Å²) < 4.78 is 5.09. The van der Waals surface area contributed by atoms with Gasteiger partial charge < -0.3 is 4.74 Å². The molecule has 60 valence electrons. The van der Waals surface area contributed by atoms with E-state index in [0.717, 1.165) is 6.61 Å². The second kappa shape index (κ2) is 4.98. The fourth-order valence-electron chi connectivity index (χ4n) is 1.09. The molecule has 1 heteroatoms. The van der Waals surface area contributed by atoms with E-state index in [1.54, 1.807) is 0 Å². The zero-order chi connectivity index (χ0) is 7.94. The lowest BCUT2D eigenvalue weighted by Gasteiger charge is -1.89. The first kappa shape index (κ1) is 8.36. The third-order valence-corrected chi connectivity index (χ3v) is 1.67. The Morgan fingerprint density at radius 3 is 3.18 bits per heavy atom. The Balaban J connectivity index is 2.20. The van der Waals surface area contributed by atoms with Crippen molar-refractivity contribution in [3.63, 3.8) is 0 Å². The lowest BCUT2D eigenvalue weighted by atomic mass is 10.2. The number of rotatable bonds is 2. The maximum absolute atomic E-state index is 5.09. The zero-order valence-electron chi connectivity index (χ0n) is 7.02. The van der Waals surface area contributed by atoms with Crippen LogP contribution >= 0.6 is 0 Å². The van der Waals surface area contributed by atoms with Gasteiger partial charge in [-0.1, -0.05) is 17.9 Å². The summed E-state index contributed by atoms with van der Waals surface area (Å²) in [5.74, 6) is 6.09. The Morgan fingerprint density at radius 1 is 1.64 bits per heavy atom. The van der Waals surface area contributed by atoms with E-state index in [9.17, 15) is 0 Å². The molecule has 0 N–H and O–H groups in total. The van der Waals surface area contributed by atoms with E-state index in [-0.39, 0.29) is 0 Å². The first-order valence-corrected chi connectivity index (χ1v) is 4.19. The number of hydrogen-bond donors (Lipinski definition) is 0. The normalized spacial score (nSPS) is 15.5. The molecule has 0 fully saturated rings. The average molecular weight is 150 g/mol. The molecule has 0 radical (unpaired) electrons. The van der Waals surface area contributed by atoms with Crippen LogP contribution in [0.2, 0.25) is 0 Å². The van der Waals surface area contributed by atoms with Gasteiger partial charge in [-0.2, -0.15) is 0 Å². The summed E-state index contributed by atoms with van der Waals surface area (Å²) >= 11 is 0. The Bertz CT molecular complexity index is 193. The molecule has 0 spiro atoms. The predicted molar refractivity (Wildman–Crippen MR) is 46.2 cm³/mol. The van der Waals surface area contributed by atoms with Crippen molar-refractivity contribution in [2.24, 2.45) is 0 Å². The molecule has 0 heterocycles. The van der Waals surface area contributed by atoms with Crippen LogP contribution in [0.15, 0.2) is 11.6 Å². The third-order valence-electron chi connectivity index (χ3n) is 1.67. The van der Waals surface area contributed by atoms with Crippen LogP contribution in [0.25, 0.3) is 0 Å².